The van der Waals surface area contributed by atoms with E-state index in [2.05, 4.69) is 39.1 Å². The Morgan fingerprint density at radius 3 is 2.73 bits per heavy atom. The van der Waals surface area contributed by atoms with Crippen LogP contribution >= 0.6 is 0 Å². The molecule has 0 bridgehead atoms. The summed E-state index contributed by atoms with van der Waals surface area (Å²) in [6, 6.07) is 0. The number of aromatic nitrogens is 5. The summed E-state index contributed by atoms with van der Waals surface area (Å²) in [6.45, 7) is 10.3. The van der Waals surface area contributed by atoms with Crippen LogP contribution in [-0.4, -0.2) is 48.0 Å². The van der Waals surface area contributed by atoms with Crippen LogP contribution in [-0.2, 0) is 19.6 Å². The molecule has 1 N–H and O–H groups in total. The van der Waals surface area contributed by atoms with Crippen LogP contribution in [0.3, 0.4) is 0 Å². The van der Waals surface area contributed by atoms with Crippen LogP contribution in [0.2, 0.25) is 0 Å². The summed E-state index contributed by atoms with van der Waals surface area (Å²) in [4.78, 5) is 23.4. The van der Waals surface area contributed by atoms with Gasteiger partial charge in [-0.05, 0) is 20.0 Å². The molecule has 3 aromatic heterocycles. The first kappa shape index (κ1) is 18.1. The van der Waals surface area contributed by atoms with Crippen LogP contribution in [0, 0.1) is 0 Å². The second-order valence-electron chi connectivity index (χ2n) is 6.10. The summed E-state index contributed by atoms with van der Waals surface area (Å²) >= 11 is 0. The molecule has 0 radical (unpaired) electrons. The van der Waals surface area contributed by atoms with E-state index in [-0.39, 0.29) is 5.91 Å². The van der Waals surface area contributed by atoms with Crippen molar-refractivity contribution in [2.24, 2.45) is 0 Å². The third-order valence-electron chi connectivity index (χ3n) is 4.52. The number of amides is 1. The van der Waals surface area contributed by atoms with Crippen molar-refractivity contribution in [3.05, 3.63) is 47.9 Å². The Balaban J connectivity index is 1.72. The van der Waals surface area contributed by atoms with Crippen molar-refractivity contribution in [2.75, 3.05) is 13.1 Å². The summed E-state index contributed by atoms with van der Waals surface area (Å²) in [5.41, 5.74) is 3.08. The van der Waals surface area contributed by atoms with Gasteiger partial charge in [0.2, 0.25) is 0 Å². The second-order valence-corrected chi connectivity index (χ2v) is 6.10. The molecule has 3 rings (SSSR count). The standard InChI is InChI=1S/C18H25N7O/c1-4-23(5-2)11-14-7-20-17-16(10-22-25(17)12-14)18(26)21-9-15-8-19-13-24(15)6-3/h7-8,10,12-13H,4-6,9,11H2,1-3H3,(H,21,26). The minimum absolute atomic E-state index is 0.187. The molecule has 0 saturated carbocycles. The van der Waals surface area contributed by atoms with Crippen molar-refractivity contribution in [3.8, 4) is 0 Å². The van der Waals surface area contributed by atoms with E-state index in [1.807, 2.05) is 23.9 Å². The minimum Gasteiger partial charge on any atom is -0.346 e. The molecular formula is C18H25N7O. The lowest BCUT2D eigenvalue weighted by Gasteiger charge is -2.17. The van der Waals surface area contributed by atoms with Gasteiger partial charge in [-0.2, -0.15) is 5.10 Å². The Morgan fingerprint density at radius 1 is 1.19 bits per heavy atom. The smallest absolute Gasteiger partial charge is 0.257 e. The lowest BCUT2D eigenvalue weighted by atomic mass is 10.3. The molecule has 26 heavy (non-hydrogen) atoms. The highest BCUT2D eigenvalue weighted by Crippen LogP contribution is 2.11. The molecular weight excluding hydrogens is 330 g/mol. The number of aryl methyl sites for hydroxylation is 1. The first-order valence-electron chi connectivity index (χ1n) is 8.98. The number of carbonyl (C=O) groups is 1. The summed E-state index contributed by atoms with van der Waals surface area (Å²) in [5.74, 6) is -0.187. The fourth-order valence-corrected chi connectivity index (χ4v) is 2.91. The number of imidazole rings is 1. The molecule has 3 heterocycles. The zero-order chi connectivity index (χ0) is 18.5. The van der Waals surface area contributed by atoms with Gasteiger partial charge in [-0.3, -0.25) is 9.69 Å². The monoisotopic (exact) mass is 355 g/mol. The molecule has 138 valence electrons. The number of rotatable bonds is 8. The average Bonchev–Trinajstić information content (AvgIpc) is 3.30. The predicted molar refractivity (Wildman–Crippen MR) is 98.7 cm³/mol. The van der Waals surface area contributed by atoms with Gasteiger partial charge >= 0.3 is 0 Å². The Labute approximate surface area is 152 Å². The average molecular weight is 355 g/mol. The van der Waals surface area contributed by atoms with Gasteiger partial charge in [0.05, 0.1) is 24.8 Å². The first-order chi connectivity index (χ1) is 12.7. The lowest BCUT2D eigenvalue weighted by Crippen LogP contribution is -2.24. The number of nitrogens with one attached hydrogen (secondary N) is 1. The largest absolute Gasteiger partial charge is 0.346 e. The molecule has 0 aliphatic rings. The van der Waals surface area contributed by atoms with E-state index < -0.39 is 0 Å². The maximum absolute atomic E-state index is 12.5. The third-order valence-corrected chi connectivity index (χ3v) is 4.52. The van der Waals surface area contributed by atoms with Gasteiger partial charge in [-0.25, -0.2) is 14.5 Å². The number of nitrogens with zero attached hydrogens (tertiary/aromatic N) is 6. The van der Waals surface area contributed by atoms with Crippen LogP contribution < -0.4 is 5.32 Å². The molecule has 8 nitrogen and oxygen atoms in total. The van der Waals surface area contributed by atoms with E-state index in [1.165, 1.54) is 0 Å². The lowest BCUT2D eigenvalue weighted by molar-refractivity contribution is 0.0951. The van der Waals surface area contributed by atoms with Crippen LogP contribution in [0.15, 0.2) is 31.1 Å². The molecule has 0 aromatic carbocycles. The van der Waals surface area contributed by atoms with Crippen LogP contribution in [0.1, 0.15) is 42.4 Å². The molecule has 8 heteroatoms. The van der Waals surface area contributed by atoms with Crippen LogP contribution in [0.25, 0.3) is 5.65 Å². The third kappa shape index (κ3) is 3.75. The quantitative estimate of drug-likeness (QED) is 0.665. The van der Waals surface area contributed by atoms with Gasteiger partial charge in [0.15, 0.2) is 5.65 Å². The summed E-state index contributed by atoms with van der Waals surface area (Å²) < 4.78 is 3.66. The SMILES string of the molecule is CCN(CC)Cc1cnc2c(C(=O)NCc3cncn3CC)cnn2c1. The molecule has 3 aromatic rings. The highest BCUT2D eigenvalue weighted by atomic mass is 16.1. The van der Waals surface area contributed by atoms with Crippen LogP contribution in [0.4, 0.5) is 0 Å². The Morgan fingerprint density at radius 2 is 2.00 bits per heavy atom. The van der Waals surface area contributed by atoms with Crippen molar-refractivity contribution in [3.63, 3.8) is 0 Å². The number of carbonyl (C=O) groups excluding carboxylic acids is 1. The summed E-state index contributed by atoms with van der Waals surface area (Å²) in [5, 5.41) is 7.21. The maximum Gasteiger partial charge on any atom is 0.257 e. The van der Waals surface area contributed by atoms with Crippen molar-refractivity contribution in [1.82, 2.24) is 34.4 Å². The molecule has 0 unspecified atom stereocenters. The molecule has 0 atom stereocenters. The molecule has 1 amide bonds. The highest BCUT2D eigenvalue weighted by molar-refractivity contribution is 5.99. The van der Waals surface area contributed by atoms with Gasteiger partial charge < -0.3 is 9.88 Å². The van der Waals surface area contributed by atoms with E-state index in [4.69, 9.17) is 0 Å². The number of hydrogen-bond acceptors (Lipinski definition) is 5. The first-order valence-corrected chi connectivity index (χ1v) is 8.98. The molecule has 0 fully saturated rings. The van der Waals surface area contributed by atoms with E-state index in [1.54, 1.807) is 23.2 Å². The Kier molecular flexibility index (Phi) is 5.62. The summed E-state index contributed by atoms with van der Waals surface area (Å²) in [6.07, 6.45) is 8.84. The van der Waals surface area contributed by atoms with E-state index in [0.717, 1.165) is 37.4 Å². The highest BCUT2D eigenvalue weighted by Gasteiger charge is 2.15. The van der Waals surface area contributed by atoms with Crippen molar-refractivity contribution in [2.45, 2.75) is 40.4 Å². The van der Waals surface area contributed by atoms with Crippen LogP contribution in [0.5, 0.6) is 0 Å². The van der Waals surface area contributed by atoms with E-state index in [9.17, 15) is 4.79 Å². The Bertz CT molecular complexity index is 879. The molecule has 0 aliphatic heterocycles. The second kappa shape index (κ2) is 8.09. The van der Waals surface area contributed by atoms with E-state index in [0.29, 0.717) is 17.8 Å². The van der Waals surface area contributed by atoms with Crippen molar-refractivity contribution < 1.29 is 4.79 Å². The maximum atomic E-state index is 12.5. The number of fused-ring (bicyclic) bond motifs is 1. The molecule has 0 saturated heterocycles. The summed E-state index contributed by atoms with van der Waals surface area (Å²) in [7, 11) is 0. The Hall–Kier alpha value is -2.74. The fourth-order valence-electron chi connectivity index (χ4n) is 2.91. The zero-order valence-electron chi connectivity index (χ0n) is 15.5. The minimum atomic E-state index is -0.187. The zero-order valence-corrected chi connectivity index (χ0v) is 15.5. The van der Waals surface area contributed by atoms with Gasteiger partial charge in [0, 0.05) is 37.2 Å². The van der Waals surface area contributed by atoms with Gasteiger partial charge in [0.1, 0.15) is 5.56 Å². The van der Waals surface area contributed by atoms with Gasteiger partial charge in [-0.1, -0.05) is 13.8 Å². The van der Waals surface area contributed by atoms with Gasteiger partial charge in [0.25, 0.3) is 5.91 Å². The number of hydrogen-bond donors (Lipinski definition) is 1. The fraction of sp³-hybridized carbons (Fsp3) is 0.444. The van der Waals surface area contributed by atoms with Crippen molar-refractivity contribution >= 4 is 11.6 Å². The molecule has 0 aliphatic carbocycles. The van der Waals surface area contributed by atoms with E-state index >= 15 is 0 Å². The molecule has 0 spiro atoms. The normalized spacial score (nSPS) is 11.4. The predicted octanol–water partition coefficient (Wildman–Crippen LogP) is 1.72. The topological polar surface area (TPSA) is 80.3 Å². The van der Waals surface area contributed by atoms with Gasteiger partial charge in [-0.15, -0.1) is 0 Å². The van der Waals surface area contributed by atoms with Crippen molar-refractivity contribution in [1.29, 1.82) is 0 Å².